The van der Waals surface area contributed by atoms with Crippen molar-refractivity contribution in [2.24, 2.45) is 0 Å². The molecule has 2 atom stereocenters. The molecule has 0 saturated carbocycles. The quantitative estimate of drug-likeness (QED) is 0.0322. The van der Waals surface area contributed by atoms with Crippen molar-refractivity contribution < 1.29 is 24.5 Å². The third-order valence-electron chi connectivity index (χ3n) is 12.5. The molecule has 0 aliphatic heterocycles. The average Bonchev–Trinajstić information content (AvgIpc) is 3.26. The number of rotatable bonds is 50. The molecule has 0 spiro atoms. The predicted molar refractivity (Wildman–Crippen MR) is 264 cm³/mol. The van der Waals surface area contributed by atoms with Crippen molar-refractivity contribution in [1.29, 1.82) is 0 Å². The summed E-state index contributed by atoms with van der Waals surface area (Å²) >= 11 is 0. The van der Waals surface area contributed by atoms with Crippen molar-refractivity contribution in [3.63, 3.8) is 0 Å². The van der Waals surface area contributed by atoms with Crippen LogP contribution in [0.2, 0.25) is 0 Å². The van der Waals surface area contributed by atoms with Gasteiger partial charge in [-0.05, 0) is 70.6 Å². The highest BCUT2D eigenvalue weighted by atomic mass is 16.5. The number of esters is 1. The second kappa shape index (κ2) is 51.0. The van der Waals surface area contributed by atoms with Gasteiger partial charge in [-0.2, -0.15) is 0 Å². The van der Waals surface area contributed by atoms with Crippen LogP contribution in [0.15, 0.2) is 24.3 Å². The molecule has 0 aromatic rings. The first kappa shape index (κ1) is 59.3. The van der Waals surface area contributed by atoms with Crippen LogP contribution in [0.5, 0.6) is 0 Å². The number of amides is 1. The molecule has 0 aromatic heterocycles. The molecule has 0 aliphatic carbocycles. The average molecular weight is 860 g/mol. The van der Waals surface area contributed by atoms with Crippen molar-refractivity contribution in [3.05, 3.63) is 24.3 Å². The summed E-state index contributed by atoms with van der Waals surface area (Å²) in [6.45, 7) is 4.90. The minimum Gasteiger partial charge on any atom is -0.466 e. The van der Waals surface area contributed by atoms with Crippen LogP contribution in [0.4, 0.5) is 0 Å². The maximum Gasteiger partial charge on any atom is 0.305 e. The summed E-state index contributed by atoms with van der Waals surface area (Å²) in [4.78, 5) is 24.4. The van der Waals surface area contributed by atoms with Crippen LogP contribution in [-0.4, -0.2) is 47.4 Å². The van der Waals surface area contributed by atoms with Crippen LogP contribution >= 0.6 is 0 Å². The molecule has 0 bridgehead atoms. The van der Waals surface area contributed by atoms with Gasteiger partial charge in [-0.25, -0.2) is 0 Å². The van der Waals surface area contributed by atoms with Gasteiger partial charge in [0, 0.05) is 12.8 Å². The van der Waals surface area contributed by atoms with Gasteiger partial charge in [-0.3, -0.25) is 9.59 Å². The summed E-state index contributed by atoms with van der Waals surface area (Å²) in [6.07, 6.45) is 60.1. The maximum absolute atomic E-state index is 12.4. The fourth-order valence-corrected chi connectivity index (χ4v) is 8.26. The van der Waals surface area contributed by atoms with E-state index in [0.717, 1.165) is 44.9 Å². The first-order valence-corrected chi connectivity index (χ1v) is 27.1. The third-order valence-corrected chi connectivity index (χ3v) is 12.5. The van der Waals surface area contributed by atoms with Gasteiger partial charge in [-0.15, -0.1) is 0 Å². The molecule has 6 nitrogen and oxygen atoms in total. The summed E-state index contributed by atoms with van der Waals surface area (Å²) in [5.74, 6) is -0.0488. The Morgan fingerprint density at radius 1 is 0.443 bits per heavy atom. The number of hydrogen-bond donors (Lipinski definition) is 3. The van der Waals surface area contributed by atoms with E-state index < -0.39 is 12.1 Å². The Hall–Kier alpha value is -1.66. The Morgan fingerprint density at radius 3 is 1.21 bits per heavy atom. The fourth-order valence-electron chi connectivity index (χ4n) is 8.26. The second-order valence-corrected chi connectivity index (χ2v) is 18.6. The summed E-state index contributed by atoms with van der Waals surface area (Å²) in [7, 11) is 0. The number of aliphatic hydroxyl groups excluding tert-OH is 2. The highest BCUT2D eigenvalue weighted by molar-refractivity contribution is 5.76. The Bertz CT molecular complexity index is 951. The van der Waals surface area contributed by atoms with E-state index in [9.17, 15) is 19.8 Å². The van der Waals surface area contributed by atoms with Gasteiger partial charge < -0.3 is 20.3 Å². The van der Waals surface area contributed by atoms with Gasteiger partial charge >= 0.3 is 5.97 Å². The number of hydrogen-bond acceptors (Lipinski definition) is 5. The Morgan fingerprint density at radius 2 is 0.787 bits per heavy atom. The molecule has 3 N–H and O–H groups in total. The molecule has 360 valence electrons. The molecule has 61 heavy (non-hydrogen) atoms. The standard InChI is InChI=1S/C55H105NO5/c1-3-5-7-9-11-13-15-24-28-31-35-39-43-47-53(58)52(51-57)56-54(59)48-44-40-36-32-29-25-22-20-18-16-17-19-21-23-26-30-34-38-42-46-50-61-55(60)49-45-41-37-33-27-14-12-10-8-6-4-2/h10,12,16,18,52-53,57-58H,3-9,11,13-15,17,19-51H2,1-2H3,(H,56,59)/b12-10-,18-16-. The van der Waals surface area contributed by atoms with Gasteiger partial charge in [0.1, 0.15) is 0 Å². The van der Waals surface area contributed by atoms with E-state index in [-0.39, 0.29) is 18.5 Å². The highest BCUT2D eigenvalue weighted by Gasteiger charge is 2.20. The molecule has 6 heteroatoms. The molecule has 1 amide bonds. The zero-order valence-corrected chi connectivity index (χ0v) is 40.9. The number of carbonyl (C=O) groups is 2. The molecule has 0 saturated heterocycles. The van der Waals surface area contributed by atoms with Gasteiger partial charge in [0.2, 0.25) is 5.91 Å². The lowest BCUT2D eigenvalue weighted by molar-refractivity contribution is -0.143. The number of nitrogens with one attached hydrogen (secondary N) is 1. The molecule has 2 unspecified atom stereocenters. The number of ether oxygens (including phenoxy) is 1. The highest BCUT2D eigenvalue weighted by Crippen LogP contribution is 2.16. The number of allylic oxidation sites excluding steroid dienone is 4. The largest absolute Gasteiger partial charge is 0.466 e. The Kier molecular flexibility index (Phi) is 49.6. The zero-order valence-electron chi connectivity index (χ0n) is 40.9. The lowest BCUT2D eigenvalue weighted by atomic mass is 10.0. The third kappa shape index (κ3) is 47.7. The van der Waals surface area contributed by atoms with Crippen LogP contribution in [0, 0.1) is 0 Å². The van der Waals surface area contributed by atoms with E-state index in [4.69, 9.17) is 4.74 Å². The van der Waals surface area contributed by atoms with Crippen molar-refractivity contribution >= 4 is 11.9 Å². The van der Waals surface area contributed by atoms with Gasteiger partial charge in [0.15, 0.2) is 0 Å². The molecule has 0 aliphatic rings. The zero-order chi connectivity index (χ0) is 44.4. The normalized spacial score (nSPS) is 12.8. The summed E-state index contributed by atoms with van der Waals surface area (Å²) in [6, 6.07) is -0.546. The SMILES string of the molecule is CCCC/C=C\CCCCCCCC(=O)OCCCCCCCCCCC/C=C\CCCCCCCCCC(=O)NC(CO)C(O)CCCCCCCCCCCCCCC. The smallest absolute Gasteiger partial charge is 0.305 e. The van der Waals surface area contributed by atoms with Crippen molar-refractivity contribution in [2.75, 3.05) is 13.2 Å². The first-order chi connectivity index (χ1) is 30.0. The number of aliphatic hydroxyl groups is 2. The van der Waals surface area contributed by atoms with E-state index >= 15 is 0 Å². The molecule has 0 heterocycles. The predicted octanol–water partition coefficient (Wildman–Crippen LogP) is 16.3. The maximum atomic E-state index is 12.4. The van der Waals surface area contributed by atoms with Crippen LogP contribution in [0.1, 0.15) is 290 Å². The molecule has 0 aromatic carbocycles. The fraction of sp³-hybridized carbons (Fsp3) is 0.891. The van der Waals surface area contributed by atoms with Crippen molar-refractivity contribution in [3.8, 4) is 0 Å². The minimum absolute atomic E-state index is 0.00506. The lowest BCUT2D eigenvalue weighted by Crippen LogP contribution is -2.45. The molecule has 0 fully saturated rings. The topological polar surface area (TPSA) is 95.9 Å². The van der Waals surface area contributed by atoms with Crippen LogP contribution in [0.3, 0.4) is 0 Å². The van der Waals surface area contributed by atoms with Crippen LogP contribution < -0.4 is 5.32 Å². The van der Waals surface area contributed by atoms with Crippen molar-refractivity contribution in [1.82, 2.24) is 5.32 Å². The summed E-state index contributed by atoms with van der Waals surface area (Å²) < 4.78 is 5.45. The van der Waals surface area contributed by atoms with E-state index in [1.165, 1.54) is 212 Å². The minimum atomic E-state index is -0.668. The van der Waals surface area contributed by atoms with E-state index in [0.29, 0.717) is 25.9 Å². The molecule has 0 radical (unpaired) electrons. The number of carbonyl (C=O) groups excluding carboxylic acids is 2. The Labute approximate surface area is 380 Å². The van der Waals surface area contributed by atoms with E-state index in [1.807, 2.05) is 0 Å². The molecular formula is C55H105NO5. The van der Waals surface area contributed by atoms with Crippen LogP contribution in [-0.2, 0) is 14.3 Å². The van der Waals surface area contributed by atoms with Crippen molar-refractivity contribution in [2.45, 2.75) is 302 Å². The van der Waals surface area contributed by atoms with Gasteiger partial charge in [0.25, 0.3) is 0 Å². The van der Waals surface area contributed by atoms with Gasteiger partial charge in [0.05, 0.1) is 25.4 Å². The monoisotopic (exact) mass is 860 g/mol. The summed E-state index contributed by atoms with van der Waals surface area (Å²) in [5, 5.41) is 23.2. The van der Waals surface area contributed by atoms with E-state index in [1.54, 1.807) is 0 Å². The Balaban J connectivity index is 3.44. The summed E-state index contributed by atoms with van der Waals surface area (Å²) in [5.41, 5.74) is 0. The van der Waals surface area contributed by atoms with Gasteiger partial charge in [-0.1, -0.05) is 231 Å². The molecular weight excluding hydrogens is 755 g/mol. The molecule has 0 rings (SSSR count). The lowest BCUT2D eigenvalue weighted by Gasteiger charge is -2.22. The number of unbranched alkanes of at least 4 members (excludes halogenated alkanes) is 35. The second-order valence-electron chi connectivity index (χ2n) is 18.6. The van der Waals surface area contributed by atoms with E-state index in [2.05, 4.69) is 43.5 Å². The first-order valence-electron chi connectivity index (χ1n) is 27.1. The van der Waals surface area contributed by atoms with Crippen LogP contribution in [0.25, 0.3) is 0 Å².